The normalized spacial score (nSPS) is 27.9. The van der Waals surface area contributed by atoms with Crippen molar-refractivity contribution < 1.29 is 29.3 Å². The van der Waals surface area contributed by atoms with Crippen molar-refractivity contribution >= 4 is 17.8 Å². The van der Waals surface area contributed by atoms with Crippen LogP contribution in [0.3, 0.4) is 0 Å². The number of carboxylic acid groups (broad SMARTS) is 1. The fourth-order valence-electron chi connectivity index (χ4n) is 4.50. The summed E-state index contributed by atoms with van der Waals surface area (Å²) in [6.45, 7) is 1.48. The number of phenols is 1. The summed E-state index contributed by atoms with van der Waals surface area (Å²) in [5.41, 5.74) is -0.536. The van der Waals surface area contributed by atoms with Gasteiger partial charge in [0.25, 0.3) is 0 Å². The molecule has 156 valence electrons. The molecule has 2 aliphatic heterocycles. The van der Waals surface area contributed by atoms with Gasteiger partial charge in [0.2, 0.25) is 11.8 Å². The summed E-state index contributed by atoms with van der Waals surface area (Å²) < 4.78 is 5.10. The average Bonchev–Trinajstić information content (AvgIpc) is 3.18. The number of hydrogen-bond acceptors (Lipinski definition) is 6. The van der Waals surface area contributed by atoms with E-state index in [2.05, 4.69) is 5.32 Å². The second kappa shape index (κ2) is 7.14. The lowest BCUT2D eigenvalue weighted by molar-refractivity contribution is -0.150. The molecule has 2 aromatic carbocycles. The number of aliphatic carboxylic acids is 1. The largest absolute Gasteiger partial charge is 0.507 e. The molecule has 2 amide bonds. The van der Waals surface area contributed by atoms with Crippen LogP contribution in [0.25, 0.3) is 0 Å². The third-order valence-electron chi connectivity index (χ3n) is 6.08. The third kappa shape index (κ3) is 2.91. The van der Waals surface area contributed by atoms with Gasteiger partial charge in [-0.25, -0.2) is 0 Å². The predicted molar refractivity (Wildman–Crippen MR) is 106 cm³/mol. The highest BCUT2D eigenvalue weighted by Crippen LogP contribution is 2.50. The number of rotatable bonds is 5. The molecule has 3 N–H and O–H groups in total. The number of amides is 2. The molecular weight excluding hydrogens is 388 g/mol. The Labute approximate surface area is 173 Å². The molecule has 0 saturated carbocycles. The maximum atomic E-state index is 13.3. The molecule has 4 atom stereocenters. The first-order chi connectivity index (χ1) is 14.3. The molecule has 2 aromatic rings. The Morgan fingerprint density at radius 1 is 1.17 bits per heavy atom. The number of ether oxygens (including phenoxy) is 1. The summed E-state index contributed by atoms with van der Waals surface area (Å²) in [7, 11) is 1.46. The van der Waals surface area contributed by atoms with Gasteiger partial charge in [-0.15, -0.1) is 0 Å². The van der Waals surface area contributed by atoms with E-state index in [0.29, 0.717) is 11.3 Å². The molecule has 2 saturated heterocycles. The number of imide groups is 1. The Morgan fingerprint density at radius 3 is 2.47 bits per heavy atom. The number of hydrogen-bond donors (Lipinski definition) is 3. The van der Waals surface area contributed by atoms with Crippen LogP contribution in [0.1, 0.15) is 24.1 Å². The second-order valence-electron chi connectivity index (χ2n) is 7.81. The van der Waals surface area contributed by atoms with Crippen LogP contribution in [-0.2, 0) is 20.9 Å². The number of nitrogens with one attached hydrogen (secondary N) is 1. The maximum absolute atomic E-state index is 13.3. The Hall–Kier alpha value is -3.39. The lowest BCUT2D eigenvalue weighted by Gasteiger charge is -2.27. The van der Waals surface area contributed by atoms with Crippen LogP contribution in [0.15, 0.2) is 48.5 Å². The maximum Gasteiger partial charge on any atom is 0.324 e. The van der Waals surface area contributed by atoms with Crippen LogP contribution in [0.5, 0.6) is 11.5 Å². The lowest BCUT2D eigenvalue weighted by Crippen LogP contribution is -2.53. The number of phenolic OH excluding ortho intramolecular Hbond substituents is 1. The molecule has 2 heterocycles. The van der Waals surface area contributed by atoms with E-state index in [0.717, 1.165) is 10.5 Å². The van der Waals surface area contributed by atoms with Crippen molar-refractivity contribution in [2.75, 3.05) is 7.11 Å². The van der Waals surface area contributed by atoms with E-state index in [1.54, 1.807) is 24.3 Å². The van der Waals surface area contributed by atoms with Gasteiger partial charge in [0.15, 0.2) is 0 Å². The van der Waals surface area contributed by atoms with Crippen molar-refractivity contribution in [3.63, 3.8) is 0 Å². The number of aromatic hydroxyl groups is 1. The molecular formula is C22H22N2O6. The Bertz CT molecular complexity index is 1020. The van der Waals surface area contributed by atoms with Crippen LogP contribution < -0.4 is 10.1 Å². The summed E-state index contributed by atoms with van der Waals surface area (Å²) in [6, 6.07) is 12.8. The number of likely N-dealkylation sites (tertiary alicyclic amines) is 1. The van der Waals surface area contributed by atoms with Gasteiger partial charge in [-0.1, -0.05) is 36.4 Å². The minimum atomic E-state index is -1.65. The van der Waals surface area contributed by atoms with E-state index in [-0.39, 0.29) is 12.3 Å². The highest BCUT2D eigenvalue weighted by atomic mass is 16.5. The molecule has 0 aromatic heterocycles. The number of carbonyl (C=O) groups excluding carboxylic acids is 2. The van der Waals surface area contributed by atoms with Crippen LogP contribution in [0.4, 0.5) is 0 Å². The van der Waals surface area contributed by atoms with Gasteiger partial charge >= 0.3 is 5.97 Å². The standard InChI is InChI=1S/C22H22N2O6/c1-22(21(28)29)17-16(18(23-22)14-9-8-13(30-2)10-15(14)25)19(26)24(20(17)27)11-12-6-4-3-5-7-12/h3-10,16-18,23,25H,11H2,1-2H3,(H,28,29)/t16-,17+,18+,22+/m1/s1. The van der Waals surface area contributed by atoms with Crippen LogP contribution in [-0.4, -0.2) is 45.5 Å². The van der Waals surface area contributed by atoms with Crippen molar-refractivity contribution in [2.45, 2.75) is 25.0 Å². The minimum absolute atomic E-state index is 0.0719. The first-order valence-electron chi connectivity index (χ1n) is 9.55. The van der Waals surface area contributed by atoms with Crippen LogP contribution >= 0.6 is 0 Å². The minimum Gasteiger partial charge on any atom is -0.507 e. The summed E-state index contributed by atoms with van der Waals surface area (Å²) in [5, 5.41) is 23.3. The van der Waals surface area contributed by atoms with Crippen molar-refractivity contribution in [2.24, 2.45) is 11.8 Å². The molecule has 8 heteroatoms. The van der Waals surface area contributed by atoms with Crippen molar-refractivity contribution in [1.82, 2.24) is 10.2 Å². The molecule has 4 rings (SSSR count). The monoisotopic (exact) mass is 410 g/mol. The van der Waals surface area contributed by atoms with Crippen molar-refractivity contribution in [3.8, 4) is 11.5 Å². The summed E-state index contributed by atoms with van der Waals surface area (Å²) in [4.78, 5) is 39.7. The Kier molecular flexibility index (Phi) is 4.74. The van der Waals surface area contributed by atoms with Crippen LogP contribution in [0, 0.1) is 11.8 Å². The third-order valence-corrected chi connectivity index (χ3v) is 6.08. The number of carboxylic acids is 1. The van der Waals surface area contributed by atoms with E-state index < -0.39 is 41.2 Å². The zero-order valence-electron chi connectivity index (χ0n) is 16.5. The molecule has 0 unspecified atom stereocenters. The quantitative estimate of drug-likeness (QED) is 0.643. The van der Waals surface area contributed by atoms with E-state index >= 15 is 0 Å². The zero-order valence-corrected chi connectivity index (χ0v) is 16.5. The summed E-state index contributed by atoms with van der Waals surface area (Å²) >= 11 is 0. The summed E-state index contributed by atoms with van der Waals surface area (Å²) in [5.74, 6) is -3.95. The second-order valence-corrected chi connectivity index (χ2v) is 7.81. The van der Waals surface area contributed by atoms with Gasteiger partial charge < -0.3 is 14.9 Å². The smallest absolute Gasteiger partial charge is 0.324 e. The number of fused-ring (bicyclic) bond motifs is 1. The number of carbonyl (C=O) groups is 3. The molecule has 0 bridgehead atoms. The molecule has 2 aliphatic rings. The highest BCUT2D eigenvalue weighted by molar-refractivity contribution is 6.09. The summed E-state index contributed by atoms with van der Waals surface area (Å²) in [6.07, 6.45) is 0. The van der Waals surface area contributed by atoms with Crippen molar-refractivity contribution in [1.29, 1.82) is 0 Å². The Morgan fingerprint density at radius 2 is 1.87 bits per heavy atom. The fraction of sp³-hybridized carbons (Fsp3) is 0.318. The number of benzene rings is 2. The van der Waals surface area contributed by atoms with Gasteiger partial charge in [0.1, 0.15) is 17.0 Å². The molecule has 0 spiro atoms. The van der Waals surface area contributed by atoms with Crippen LogP contribution in [0.2, 0.25) is 0 Å². The van der Waals surface area contributed by atoms with Gasteiger partial charge in [-0.2, -0.15) is 0 Å². The first kappa shape index (κ1) is 19.9. The Balaban J connectivity index is 1.76. The SMILES string of the molecule is COc1ccc([C@@H]2N[C@](C)(C(=O)O)[C@@H]3C(=O)N(Cc4ccccc4)C(=O)[C@H]32)c(O)c1. The topological polar surface area (TPSA) is 116 Å². The average molecular weight is 410 g/mol. The van der Waals surface area contributed by atoms with E-state index in [9.17, 15) is 24.6 Å². The van der Waals surface area contributed by atoms with Gasteiger partial charge in [0, 0.05) is 17.7 Å². The van der Waals surface area contributed by atoms with Crippen molar-refractivity contribution in [3.05, 3.63) is 59.7 Å². The molecule has 30 heavy (non-hydrogen) atoms. The zero-order chi connectivity index (χ0) is 21.6. The van der Waals surface area contributed by atoms with Gasteiger partial charge in [-0.05, 0) is 18.6 Å². The number of nitrogens with zero attached hydrogens (tertiary/aromatic N) is 1. The fourth-order valence-corrected chi connectivity index (χ4v) is 4.50. The van der Waals surface area contributed by atoms with E-state index in [1.807, 2.05) is 18.2 Å². The van der Waals surface area contributed by atoms with E-state index in [1.165, 1.54) is 20.1 Å². The van der Waals surface area contributed by atoms with Gasteiger partial charge in [0.05, 0.1) is 25.5 Å². The number of methoxy groups -OCH3 is 1. The first-order valence-corrected chi connectivity index (χ1v) is 9.55. The molecule has 0 aliphatic carbocycles. The molecule has 0 radical (unpaired) electrons. The predicted octanol–water partition coefficient (Wildman–Crippen LogP) is 1.69. The molecule has 2 fully saturated rings. The molecule has 8 nitrogen and oxygen atoms in total. The van der Waals surface area contributed by atoms with E-state index in [4.69, 9.17) is 4.74 Å². The highest BCUT2D eigenvalue weighted by Gasteiger charge is 2.66. The van der Waals surface area contributed by atoms with Gasteiger partial charge in [-0.3, -0.25) is 24.6 Å². The lowest BCUT2D eigenvalue weighted by atomic mass is 9.80.